The number of phosphoric ester groups is 2. The minimum Gasteiger partial charge on any atom is -0.463 e. The first-order chi connectivity index (χ1) is 45.9. The van der Waals surface area contributed by atoms with Gasteiger partial charge in [-0.1, -0.05) is 236 Å². The van der Waals surface area contributed by atoms with Crippen molar-refractivity contribution in [2.45, 2.75) is 353 Å². The van der Waals surface area contributed by atoms with E-state index in [0.29, 0.717) is 38.9 Å². The number of hydrogen-bond donors (Lipinski definition) is 3. The first kappa shape index (κ1) is 91.3. The number of aliphatic hydroxyl groups is 1. The Bertz CT molecular complexity index is 1910. The Labute approximate surface area is 572 Å². The average Bonchev–Trinajstić information content (AvgIpc) is 3.20. The lowest BCUT2D eigenvalue weighted by Crippen LogP contribution is -2.29. The summed E-state index contributed by atoms with van der Waals surface area (Å²) >= 11 is 0. The zero-order valence-corrected chi connectivity index (χ0v) is 61.3. The molecular weight excluding hydrogens is 1230 g/mol. The minimum atomic E-state index is -4.85. The van der Waals surface area contributed by atoms with Gasteiger partial charge in [-0.2, -0.15) is 0 Å². The Morgan fingerprint density at radius 1 is 0.351 bits per heavy atom. The Hall–Kier alpha value is -2.66. The van der Waals surface area contributed by atoms with Crippen LogP contribution in [0.25, 0.3) is 0 Å². The van der Waals surface area contributed by atoms with Gasteiger partial charge in [0.25, 0.3) is 0 Å². The predicted octanol–water partition coefficient (Wildman–Crippen LogP) is 20.6. The van der Waals surface area contributed by atoms with Crippen LogP contribution in [-0.2, 0) is 65.4 Å². The molecule has 5 atom stereocenters. The molecule has 17 nitrogen and oxygen atoms in total. The highest BCUT2D eigenvalue weighted by molar-refractivity contribution is 7.47. The molecule has 0 radical (unpaired) electrons. The van der Waals surface area contributed by atoms with E-state index in [1.54, 1.807) is 0 Å². The zero-order chi connectivity index (χ0) is 68.6. The van der Waals surface area contributed by atoms with Crippen LogP contribution in [0.2, 0.25) is 0 Å². The number of carbonyl (C=O) groups is 4. The van der Waals surface area contributed by atoms with Crippen LogP contribution in [0.1, 0.15) is 335 Å². The normalized spacial score (nSPS) is 14.3. The molecule has 0 aromatic rings. The van der Waals surface area contributed by atoms with Crippen molar-refractivity contribution in [2.75, 3.05) is 52.9 Å². The summed E-state index contributed by atoms with van der Waals surface area (Å²) in [5.41, 5.74) is 0. The Kier molecular flexibility index (Phi) is 69.6. The highest BCUT2D eigenvalue weighted by atomic mass is 31.2. The third-order valence-corrected chi connectivity index (χ3v) is 18.2. The van der Waals surface area contributed by atoms with Gasteiger partial charge in [0.05, 0.1) is 33.0 Å². The van der Waals surface area contributed by atoms with Crippen LogP contribution in [0, 0.1) is 0 Å². The van der Waals surface area contributed by atoms with Crippen molar-refractivity contribution in [3.05, 3.63) is 48.6 Å². The van der Waals surface area contributed by atoms with Gasteiger partial charge in [0, 0.05) is 38.9 Å². The number of ether oxygens (including phenoxy) is 4. The van der Waals surface area contributed by atoms with Gasteiger partial charge >= 0.3 is 27.6 Å². The number of unbranched alkanes of at least 4 members (excludes halogenated alkanes) is 40. The van der Waals surface area contributed by atoms with Crippen LogP contribution in [0.5, 0.6) is 0 Å². The molecule has 0 saturated heterocycles. The summed E-state index contributed by atoms with van der Waals surface area (Å²) in [5.74, 6) is -0.862. The molecule has 0 aliphatic rings. The SMILES string of the molecule is CCCCC/C=C\C/C=C\CCCCCCCC(=O)OC[C@H](COP(=O)(O)OC[C@@H](O)COP(=O)(O)OC[C@@H](COCCCCCCC/C=C\CCCCCCC=O)OC(=O)CCCCCCCCCCCCCCC)OCCCCCCC/C=C\CCCCCCC=O. The van der Waals surface area contributed by atoms with E-state index in [9.17, 15) is 43.2 Å². The second-order valence-electron chi connectivity index (χ2n) is 25.5. The van der Waals surface area contributed by atoms with Gasteiger partial charge in [0.2, 0.25) is 0 Å². The van der Waals surface area contributed by atoms with Crippen molar-refractivity contribution in [1.29, 1.82) is 0 Å². The summed E-state index contributed by atoms with van der Waals surface area (Å²) in [4.78, 5) is 67.9. The second kappa shape index (κ2) is 71.6. The van der Waals surface area contributed by atoms with Gasteiger partial charge in [0.15, 0.2) is 0 Å². The first-order valence-corrected chi connectivity index (χ1v) is 40.8. The van der Waals surface area contributed by atoms with Gasteiger partial charge in [-0.25, -0.2) is 9.13 Å². The summed E-state index contributed by atoms with van der Waals surface area (Å²) in [6.45, 7) is 2.31. The molecule has 0 rings (SSSR count). The summed E-state index contributed by atoms with van der Waals surface area (Å²) in [7, 11) is -9.67. The molecule has 0 saturated carbocycles. The fraction of sp³-hybridized carbons (Fsp3) is 0.840. The van der Waals surface area contributed by atoms with E-state index in [1.165, 1.54) is 77.0 Å². The lowest BCUT2D eigenvalue weighted by atomic mass is 10.0. The molecule has 550 valence electrons. The molecule has 0 amide bonds. The maximum Gasteiger partial charge on any atom is 0.472 e. The largest absolute Gasteiger partial charge is 0.472 e. The van der Waals surface area contributed by atoms with Crippen molar-refractivity contribution in [3.8, 4) is 0 Å². The quantitative estimate of drug-likeness (QED) is 0.0169. The maximum atomic E-state index is 13.1. The second-order valence-corrected chi connectivity index (χ2v) is 28.4. The zero-order valence-electron chi connectivity index (χ0n) is 59.5. The van der Waals surface area contributed by atoms with Crippen LogP contribution in [-0.4, -0.2) is 111 Å². The van der Waals surface area contributed by atoms with E-state index in [2.05, 4.69) is 62.5 Å². The highest BCUT2D eigenvalue weighted by Crippen LogP contribution is 2.45. The van der Waals surface area contributed by atoms with E-state index in [1.807, 2.05) is 0 Å². The fourth-order valence-corrected chi connectivity index (χ4v) is 12.1. The highest BCUT2D eigenvalue weighted by Gasteiger charge is 2.29. The van der Waals surface area contributed by atoms with Crippen molar-refractivity contribution in [3.63, 3.8) is 0 Å². The van der Waals surface area contributed by atoms with E-state index < -0.39 is 72.3 Å². The van der Waals surface area contributed by atoms with Gasteiger partial charge in [0.1, 0.15) is 37.5 Å². The number of rotatable bonds is 76. The molecule has 2 unspecified atom stereocenters. The van der Waals surface area contributed by atoms with E-state index in [-0.39, 0.29) is 26.1 Å². The summed E-state index contributed by atoms with van der Waals surface area (Å²) < 4.78 is 69.8. The van der Waals surface area contributed by atoms with Gasteiger partial charge in [-0.05, 0) is 122 Å². The third-order valence-electron chi connectivity index (χ3n) is 16.3. The van der Waals surface area contributed by atoms with Crippen molar-refractivity contribution >= 4 is 40.2 Å². The van der Waals surface area contributed by atoms with Crippen molar-refractivity contribution in [2.24, 2.45) is 0 Å². The lowest BCUT2D eigenvalue weighted by Gasteiger charge is -2.21. The van der Waals surface area contributed by atoms with Crippen molar-refractivity contribution in [1.82, 2.24) is 0 Å². The average molecular weight is 1370 g/mol. The molecule has 0 heterocycles. The van der Waals surface area contributed by atoms with Crippen LogP contribution in [0.4, 0.5) is 0 Å². The molecule has 19 heteroatoms. The van der Waals surface area contributed by atoms with Gasteiger partial charge in [-0.15, -0.1) is 0 Å². The van der Waals surface area contributed by atoms with Gasteiger partial charge < -0.3 is 43.4 Å². The Morgan fingerprint density at radius 3 is 1.10 bits per heavy atom. The number of hydrogen-bond acceptors (Lipinski definition) is 15. The number of allylic oxidation sites excluding steroid dienone is 8. The van der Waals surface area contributed by atoms with Crippen molar-refractivity contribution < 1.29 is 80.2 Å². The minimum absolute atomic E-state index is 0.0637. The number of aldehydes is 2. The molecule has 0 spiro atoms. The maximum absolute atomic E-state index is 13.1. The van der Waals surface area contributed by atoms with E-state index in [4.69, 9.17) is 37.0 Å². The molecule has 3 N–H and O–H groups in total. The number of aliphatic hydroxyl groups excluding tert-OH is 1. The fourth-order valence-electron chi connectivity index (χ4n) is 10.5. The molecular formula is C75H138O17P2. The molecule has 0 aliphatic carbocycles. The summed E-state index contributed by atoms with van der Waals surface area (Å²) in [6.07, 6.45) is 67.8. The molecule has 0 aliphatic heterocycles. The third kappa shape index (κ3) is 70.7. The predicted molar refractivity (Wildman–Crippen MR) is 382 cm³/mol. The standard InChI is InChI=1S/C75H138O17P2/c1-3-5-7-9-11-13-15-17-18-24-29-35-41-47-53-59-74(79)87-68-72(86-64-58-52-46-40-34-28-22-20-26-32-38-44-50-56-62-77)69-90-93(81,82)88-65-71(78)66-89-94(83,84)91-70-73(92-75(80)60-54-48-42-36-30-23-16-14-12-10-8-6-4-2)67-85-63-57-51-45-39-33-27-21-19-25-31-37-43-49-55-61-76/h11,13,17-22,61-62,71-73,78H,3-10,12,14-16,23-60,63-70H2,1-2H3,(H,81,82)(H,83,84)/b13-11-,18-17-,21-19-,22-20-/t71-,72-,73-/m1/s1. The smallest absolute Gasteiger partial charge is 0.463 e. The number of phosphoric acid groups is 2. The van der Waals surface area contributed by atoms with Crippen LogP contribution >= 0.6 is 15.6 Å². The topological polar surface area (TPSA) is 237 Å². The first-order valence-electron chi connectivity index (χ1n) is 37.8. The molecule has 0 aromatic heterocycles. The molecule has 0 aromatic carbocycles. The van der Waals surface area contributed by atoms with Crippen LogP contribution in [0.15, 0.2) is 48.6 Å². The lowest BCUT2D eigenvalue weighted by molar-refractivity contribution is -0.154. The van der Waals surface area contributed by atoms with Crippen LogP contribution < -0.4 is 0 Å². The molecule has 0 fully saturated rings. The van der Waals surface area contributed by atoms with Crippen LogP contribution in [0.3, 0.4) is 0 Å². The van der Waals surface area contributed by atoms with E-state index in [0.717, 1.165) is 218 Å². The molecule has 0 bridgehead atoms. The number of carbonyl (C=O) groups excluding carboxylic acids is 4. The monoisotopic (exact) mass is 1370 g/mol. The Morgan fingerprint density at radius 2 is 0.670 bits per heavy atom. The summed E-state index contributed by atoms with van der Waals surface area (Å²) in [5, 5.41) is 10.6. The Balaban J connectivity index is 5.18. The molecule has 94 heavy (non-hydrogen) atoms. The summed E-state index contributed by atoms with van der Waals surface area (Å²) in [6, 6.07) is 0. The van der Waals surface area contributed by atoms with E-state index >= 15 is 0 Å². The van der Waals surface area contributed by atoms with Gasteiger partial charge in [-0.3, -0.25) is 27.7 Å². The number of esters is 2.